The summed E-state index contributed by atoms with van der Waals surface area (Å²) in [6.45, 7) is 5.55. The number of hydrogen-bond donors (Lipinski definition) is 2. The van der Waals surface area contributed by atoms with Gasteiger partial charge in [-0.15, -0.1) is 11.3 Å². The molecule has 2 saturated heterocycles. The van der Waals surface area contributed by atoms with Gasteiger partial charge in [0.1, 0.15) is 10.9 Å². The minimum Gasteiger partial charge on any atom is -0.375 e. The topological polar surface area (TPSA) is 118 Å². The molecule has 0 saturated carbocycles. The van der Waals surface area contributed by atoms with Crippen LogP contribution in [0.3, 0.4) is 0 Å². The fourth-order valence-corrected chi connectivity index (χ4v) is 5.74. The monoisotopic (exact) mass is 466 g/mol. The lowest BCUT2D eigenvalue weighted by molar-refractivity contribution is 0.0467. The second-order valence-electron chi connectivity index (χ2n) is 8.58. The highest BCUT2D eigenvalue weighted by Crippen LogP contribution is 2.39. The summed E-state index contributed by atoms with van der Waals surface area (Å²) in [4.78, 5) is 39.0. The SMILES string of the molecule is N#Cc1cnc2sc(-c3c[nH]c(=O)[nH]c3=O)cc2c1N1CCC(OCCN2CCCCC2)C1. The van der Waals surface area contributed by atoms with E-state index in [1.54, 1.807) is 6.20 Å². The number of hydrogen-bond acceptors (Lipinski definition) is 8. The Kier molecular flexibility index (Phi) is 6.26. The number of pyridine rings is 1. The number of H-pyrrole nitrogens is 2. The van der Waals surface area contributed by atoms with Crippen LogP contribution in [-0.4, -0.2) is 65.3 Å². The molecule has 0 spiro atoms. The van der Waals surface area contributed by atoms with Crippen molar-refractivity contribution in [2.45, 2.75) is 31.8 Å². The summed E-state index contributed by atoms with van der Waals surface area (Å²) < 4.78 is 6.19. The smallest absolute Gasteiger partial charge is 0.325 e. The van der Waals surface area contributed by atoms with Crippen LogP contribution in [0.1, 0.15) is 31.2 Å². The van der Waals surface area contributed by atoms with E-state index in [0.717, 1.165) is 48.6 Å². The third kappa shape index (κ3) is 4.57. The van der Waals surface area contributed by atoms with E-state index in [4.69, 9.17) is 4.74 Å². The molecule has 9 nitrogen and oxygen atoms in total. The van der Waals surface area contributed by atoms with Crippen LogP contribution in [0.25, 0.3) is 20.7 Å². The molecule has 0 bridgehead atoms. The molecule has 33 heavy (non-hydrogen) atoms. The minimum atomic E-state index is -0.543. The number of nitrogens with one attached hydrogen (secondary N) is 2. The molecule has 5 heterocycles. The average molecular weight is 467 g/mol. The van der Waals surface area contributed by atoms with E-state index in [1.807, 2.05) is 6.07 Å². The van der Waals surface area contributed by atoms with E-state index in [9.17, 15) is 14.9 Å². The Morgan fingerprint density at radius 1 is 1.24 bits per heavy atom. The van der Waals surface area contributed by atoms with Crippen molar-refractivity contribution < 1.29 is 4.74 Å². The van der Waals surface area contributed by atoms with E-state index >= 15 is 0 Å². The molecule has 2 aliphatic heterocycles. The molecular formula is C23H26N6O3S. The highest BCUT2D eigenvalue weighted by atomic mass is 32.1. The zero-order valence-electron chi connectivity index (χ0n) is 18.3. The summed E-state index contributed by atoms with van der Waals surface area (Å²) in [5.41, 5.74) is 0.737. The largest absolute Gasteiger partial charge is 0.375 e. The van der Waals surface area contributed by atoms with Crippen LogP contribution in [0, 0.1) is 11.3 Å². The first-order chi connectivity index (χ1) is 16.1. The molecule has 0 aliphatic carbocycles. The van der Waals surface area contributed by atoms with Crippen LogP contribution in [0.4, 0.5) is 5.69 Å². The molecule has 0 radical (unpaired) electrons. The maximum atomic E-state index is 12.3. The Morgan fingerprint density at radius 3 is 2.88 bits per heavy atom. The number of piperidine rings is 1. The fraction of sp³-hybridized carbons (Fsp3) is 0.478. The molecule has 1 unspecified atom stereocenters. The number of rotatable bonds is 6. The highest BCUT2D eigenvalue weighted by Gasteiger charge is 2.28. The van der Waals surface area contributed by atoms with Crippen molar-refractivity contribution in [3.05, 3.63) is 44.9 Å². The zero-order valence-corrected chi connectivity index (χ0v) is 19.1. The molecule has 1 atom stereocenters. The van der Waals surface area contributed by atoms with Gasteiger partial charge in [-0.1, -0.05) is 6.42 Å². The number of ether oxygens (including phenoxy) is 1. The Bertz CT molecular complexity index is 1300. The Balaban J connectivity index is 1.36. The fourth-order valence-electron chi connectivity index (χ4n) is 4.72. The lowest BCUT2D eigenvalue weighted by Crippen LogP contribution is -2.34. The molecule has 0 amide bonds. The van der Waals surface area contributed by atoms with Gasteiger partial charge in [0.2, 0.25) is 0 Å². The van der Waals surface area contributed by atoms with Crippen LogP contribution in [0.15, 0.2) is 28.0 Å². The van der Waals surface area contributed by atoms with E-state index in [1.165, 1.54) is 49.9 Å². The van der Waals surface area contributed by atoms with E-state index in [2.05, 4.69) is 30.8 Å². The second kappa shape index (κ2) is 9.47. The maximum absolute atomic E-state index is 12.3. The molecule has 10 heteroatoms. The summed E-state index contributed by atoms with van der Waals surface area (Å²) in [5, 5.41) is 10.6. The van der Waals surface area contributed by atoms with Gasteiger partial charge in [-0.25, -0.2) is 9.78 Å². The quantitative estimate of drug-likeness (QED) is 0.572. The zero-order chi connectivity index (χ0) is 22.8. The second-order valence-corrected chi connectivity index (χ2v) is 9.61. The van der Waals surface area contributed by atoms with Crippen molar-refractivity contribution in [3.8, 4) is 16.5 Å². The van der Waals surface area contributed by atoms with Gasteiger partial charge in [0.05, 0.1) is 29.5 Å². The standard InChI is InChI=1S/C23H26N6O3S/c24-11-15-12-25-22-17(10-19(33-22)18-13-26-23(31)27-21(18)30)20(15)29-7-4-16(14-29)32-9-8-28-5-2-1-3-6-28/h10,12-13,16H,1-9,14H2,(H2,26,27,30,31). The molecule has 3 aromatic heterocycles. The number of thiophene rings is 1. The van der Waals surface area contributed by atoms with Crippen molar-refractivity contribution in [2.24, 2.45) is 0 Å². The van der Waals surface area contributed by atoms with Gasteiger partial charge in [0.25, 0.3) is 5.56 Å². The van der Waals surface area contributed by atoms with Gasteiger partial charge in [0, 0.05) is 42.3 Å². The summed E-state index contributed by atoms with van der Waals surface area (Å²) in [5.74, 6) is 0. The normalized spacial score (nSPS) is 19.2. The van der Waals surface area contributed by atoms with Gasteiger partial charge < -0.3 is 19.5 Å². The number of likely N-dealkylation sites (tertiary alicyclic amines) is 1. The summed E-state index contributed by atoms with van der Waals surface area (Å²) in [6, 6.07) is 4.16. The van der Waals surface area contributed by atoms with E-state index in [-0.39, 0.29) is 6.10 Å². The van der Waals surface area contributed by atoms with Crippen LogP contribution in [-0.2, 0) is 4.74 Å². The summed E-state index contributed by atoms with van der Waals surface area (Å²) in [7, 11) is 0. The lowest BCUT2D eigenvalue weighted by atomic mass is 10.1. The van der Waals surface area contributed by atoms with Crippen molar-refractivity contribution in [1.29, 1.82) is 5.26 Å². The first-order valence-corrected chi connectivity index (χ1v) is 12.2. The summed E-state index contributed by atoms with van der Waals surface area (Å²) >= 11 is 1.37. The summed E-state index contributed by atoms with van der Waals surface area (Å²) in [6.07, 6.45) is 7.94. The van der Waals surface area contributed by atoms with Crippen molar-refractivity contribution in [1.82, 2.24) is 19.9 Å². The predicted molar refractivity (Wildman–Crippen MR) is 128 cm³/mol. The third-order valence-corrected chi connectivity index (χ3v) is 7.49. The van der Waals surface area contributed by atoms with Crippen molar-refractivity contribution in [3.63, 3.8) is 0 Å². The number of nitriles is 1. The molecule has 2 fully saturated rings. The van der Waals surface area contributed by atoms with Crippen LogP contribution in [0.2, 0.25) is 0 Å². The molecule has 172 valence electrons. The van der Waals surface area contributed by atoms with E-state index < -0.39 is 11.2 Å². The Hall–Kier alpha value is -3.00. The maximum Gasteiger partial charge on any atom is 0.325 e. The number of aromatic amines is 2. The predicted octanol–water partition coefficient (Wildman–Crippen LogP) is 2.29. The first-order valence-electron chi connectivity index (χ1n) is 11.4. The van der Waals surface area contributed by atoms with Crippen molar-refractivity contribution in [2.75, 3.05) is 44.2 Å². The number of aromatic nitrogens is 3. The molecule has 2 N–H and O–H groups in total. The third-order valence-electron chi connectivity index (χ3n) is 6.41. The molecule has 3 aromatic rings. The molecule has 5 rings (SSSR count). The van der Waals surface area contributed by atoms with E-state index in [0.29, 0.717) is 16.0 Å². The Morgan fingerprint density at radius 2 is 2.09 bits per heavy atom. The van der Waals surface area contributed by atoms with Gasteiger partial charge in [-0.3, -0.25) is 9.78 Å². The molecular weight excluding hydrogens is 440 g/mol. The minimum absolute atomic E-state index is 0.129. The average Bonchev–Trinajstić information content (AvgIpc) is 3.46. The van der Waals surface area contributed by atoms with Crippen LogP contribution in [0.5, 0.6) is 0 Å². The number of nitrogens with zero attached hydrogens (tertiary/aromatic N) is 4. The lowest BCUT2D eigenvalue weighted by Gasteiger charge is -2.26. The van der Waals surface area contributed by atoms with Crippen molar-refractivity contribution >= 4 is 27.2 Å². The number of anilines is 1. The molecule has 0 aromatic carbocycles. The van der Waals surface area contributed by atoms with Crippen LogP contribution >= 0.6 is 11.3 Å². The Labute approximate surface area is 194 Å². The van der Waals surface area contributed by atoms with Gasteiger partial charge in [0.15, 0.2) is 0 Å². The van der Waals surface area contributed by atoms with Gasteiger partial charge in [-0.2, -0.15) is 5.26 Å². The first kappa shape index (κ1) is 21.8. The van der Waals surface area contributed by atoms with Crippen LogP contribution < -0.4 is 16.1 Å². The highest BCUT2D eigenvalue weighted by molar-refractivity contribution is 7.21. The van der Waals surface area contributed by atoms with Gasteiger partial charge >= 0.3 is 5.69 Å². The van der Waals surface area contributed by atoms with Gasteiger partial charge in [-0.05, 0) is 38.4 Å². The molecule has 2 aliphatic rings. The number of fused-ring (bicyclic) bond motifs is 1.